The van der Waals surface area contributed by atoms with Crippen LogP contribution in [0, 0.1) is 17.3 Å². The van der Waals surface area contributed by atoms with Gasteiger partial charge in [0, 0.05) is 6.04 Å². The van der Waals surface area contributed by atoms with E-state index in [4.69, 9.17) is 5.73 Å². The fraction of sp³-hybridized carbons (Fsp3) is 0.846. The lowest BCUT2D eigenvalue weighted by atomic mass is 9.62. The third-order valence-electron chi connectivity index (χ3n) is 3.95. The van der Waals surface area contributed by atoms with Gasteiger partial charge in [0.1, 0.15) is 0 Å². The minimum absolute atomic E-state index is 0.431. The summed E-state index contributed by atoms with van der Waals surface area (Å²) in [4.78, 5) is 0. The molecule has 0 bridgehead atoms. The van der Waals surface area contributed by atoms with Crippen LogP contribution >= 0.6 is 0 Å². The van der Waals surface area contributed by atoms with Crippen LogP contribution in [0.25, 0.3) is 0 Å². The molecule has 0 amide bonds. The van der Waals surface area contributed by atoms with Crippen LogP contribution in [0.5, 0.6) is 0 Å². The van der Waals surface area contributed by atoms with Gasteiger partial charge in [0.05, 0.1) is 0 Å². The average Bonchev–Trinajstić information content (AvgIpc) is 2.10. The van der Waals surface area contributed by atoms with Gasteiger partial charge in [0.2, 0.25) is 0 Å². The molecule has 3 atom stereocenters. The Morgan fingerprint density at radius 2 is 2.21 bits per heavy atom. The summed E-state index contributed by atoms with van der Waals surface area (Å²) in [6.45, 7) is 11.0. The topological polar surface area (TPSA) is 26.0 Å². The van der Waals surface area contributed by atoms with Crippen molar-refractivity contribution < 1.29 is 0 Å². The molecule has 82 valence electrons. The van der Waals surface area contributed by atoms with Crippen LogP contribution in [-0.4, -0.2) is 6.04 Å². The Balaban J connectivity index is 2.66. The molecule has 0 aliphatic heterocycles. The molecule has 1 heteroatoms. The van der Waals surface area contributed by atoms with Gasteiger partial charge in [-0.2, -0.15) is 0 Å². The van der Waals surface area contributed by atoms with E-state index in [-0.39, 0.29) is 0 Å². The molecular weight excluding hydrogens is 170 g/mol. The van der Waals surface area contributed by atoms with E-state index in [1.165, 1.54) is 19.3 Å². The largest absolute Gasteiger partial charge is 0.328 e. The fourth-order valence-electron chi connectivity index (χ4n) is 2.94. The van der Waals surface area contributed by atoms with Gasteiger partial charge in [0.15, 0.2) is 0 Å². The van der Waals surface area contributed by atoms with Crippen molar-refractivity contribution >= 4 is 0 Å². The van der Waals surface area contributed by atoms with Crippen molar-refractivity contribution in [1.82, 2.24) is 0 Å². The number of nitrogens with two attached hydrogens (primary N) is 1. The highest BCUT2D eigenvalue weighted by Crippen LogP contribution is 2.44. The lowest BCUT2D eigenvalue weighted by Gasteiger charge is -2.44. The van der Waals surface area contributed by atoms with Crippen molar-refractivity contribution in [3.05, 3.63) is 12.7 Å². The maximum Gasteiger partial charge on any atom is 0.00419 e. The molecule has 0 aromatic rings. The Kier molecular flexibility index (Phi) is 3.77. The molecule has 0 saturated heterocycles. The lowest BCUT2D eigenvalue weighted by molar-refractivity contribution is 0.0785. The van der Waals surface area contributed by atoms with E-state index in [1.54, 1.807) is 0 Å². The van der Waals surface area contributed by atoms with Gasteiger partial charge < -0.3 is 5.73 Å². The van der Waals surface area contributed by atoms with Crippen LogP contribution in [0.15, 0.2) is 12.7 Å². The van der Waals surface area contributed by atoms with Crippen LogP contribution in [0.4, 0.5) is 0 Å². The molecule has 0 aromatic carbocycles. The summed E-state index contributed by atoms with van der Waals surface area (Å²) in [5.41, 5.74) is 6.52. The summed E-state index contributed by atoms with van der Waals surface area (Å²) in [5.74, 6) is 1.50. The maximum absolute atomic E-state index is 6.05. The minimum atomic E-state index is 0.431. The Bertz CT molecular complexity index is 195. The van der Waals surface area contributed by atoms with Gasteiger partial charge in [-0.25, -0.2) is 0 Å². The molecule has 2 N–H and O–H groups in total. The first-order valence-electron chi connectivity index (χ1n) is 5.84. The third kappa shape index (κ3) is 2.60. The molecule has 1 rings (SSSR count). The summed E-state index contributed by atoms with van der Waals surface area (Å²) in [7, 11) is 0. The van der Waals surface area contributed by atoms with Crippen LogP contribution in [0.3, 0.4) is 0 Å². The molecule has 0 radical (unpaired) electrons. The number of hydrogen-bond donors (Lipinski definition) is 1. The Hall–Kier alpha value is -0.300. The SMILES string of the molecule is C=CCC(C)C1CC(N)CCC1(C)C. The second-order valence-corrected chi connectivity index (χ2v) is 5.63. The Labute approximate surface area is 88.8 Å². The van der Waals surface area contributed by atoms with E-state index >= 15 is 0 Å². The van der Waals surface area contributed by atoms with E-state index in [9.17, 15) is 0 Å². The summed E-state index contributed by atoms with van der Waals surface area (Å²) < 4.78 is 0. The van der Waals surface area contributed by atoms with E-state index in [0.29, 0.717) is 11.5 Å². The molecule has 1 fully saturated rings. The quantitative estimate of drug-likeness (QED) is 0.687. The molecule has 3 unspecified atom stereocenters. The first-order valence-corrected chi connectivity index (χ1v) is 5.84. The van der Waals surface area contributed by atoms with Gasteiger partial charge in [-0.05, 0) is 42.9 Å². The monoisotopic (exact) mass is 195 g/mol. The summed E-state index contributed by atoms with van der Waals surface area (Å²) in [6.07, 6.45) is 6.84. The molecule has 1 aliphatic rings. The van der Waals surface area contributed by atoms with Gasteiger partial charge in [-0.15, -0.1) is 6.58 Å². The lowest BCUT2D eigenvalue weighted by Crippen LogP contribution is -2.41. The molecule has 1 nitrogen and oxygen atoms in total. The highest BCUT2D eigenvalue weighted by atomic mass is 14.7. The van der Waals surface area contributed by atoms with Crippen molar-refractivity contribution in [2.45, 2.75) is 52.5 Å². The number of hydrogen-bond acceptors (Lipinski definition) is 1. The van der Waals surface area contributed by atoms with Crippen LogP contribution in [-0.2, 0) is 0 Å². The summed E-state index contributed by atoms with van der Waals surface area (Å²) in [6, 6.07) is 0.431. The van der Waals surface area contributed by atoms with Gasteiger partial charge in [0.25, 0.3) is 0 Å². The van der Waals surface area contributed by atoms with Crippen LogP contribution < -0.4 is 5.73 Å². The van der Waals surface area contributed by atoms with Gasteiger partial charge in [-0.1, -0.05) is 26.8 Å². The minimum Gasteiger partial charge on any atom is -0.328 e. The van der Waals surface area contributed by atoms with E-state index in [2.05, 4.69) is 27.4 Å². The van der Waals surface area contributed by atoms with Gasteiger partial charge in [-0.3, -0.25) is 0 Å². The Morgan fingerprint density at radius 1 is 1.57 bits per heavy atom. The molecule has 1 saturated carbocycles. The predicted molar refractivity (Wildman–Crippen MR) is 63.1 cm³/mol. The molecular formula is C13H25N. The maximum atomic E-state index is 6.05. The summed E-state index contributed by atoms with van der Waals surface area (Å²) >= 11 is 0. The van der Waals surface area contributed by atoms with Crippen molar-refractivity contribution in [3.63, 3.8) is 0 Å². The van der Waals surface area contributed by atoms with Crippen molar-refractivity contribution in [3.8, 4) is 0 Å². The normalized spacial score (nSPS) is 33.7. The van der Waals surface area contributed by atoms with Crippen molar-refractivity contribution in [2.24, 2.45) is 23.0 Å². The zero-order valence-corrected chi connectivity index (χ0v) is 9.92. The van der Waals surface area contributed by atoms with Gasteiger partial charge >= 0.3 is 0 Å². The van der Waals surface area contributed by atoms with Crippen LogP contribution in [0.1, 0.15) is 46.5 Å². The smallest absolute Gasteiger partial charge is 0.00419 e. The summed E-state index contributed by atoms with van der Waals surface area (Å²) in [5, 5.41) is 0. The number of rotatable bonds is 3. The fourth-order valence-corrected chi connectivity index (χ4v) is 2.94. The third-order valence-corrected chi connectivity index (χ3v) is 3.95. The average molecular weight is 195 g/mol. The Morgan fingerprint density at radius 3 is 2.79 bits per heavy atom. The number of allylic oxidation sites excluding steroid dienone is 1. The van der Waals surface area contributed by atoms with Crippen LogP contribution in [0.2, 0.25) is 0 Å². The van der Waals surface area contributed by atoms with Crippen molar-refractivity contribution in [2.75, 3.05) is 0 Å². The van der Waals surface area contributed by atoms with E-state index in [1.807, 2.05) is 6.08 Å². The molecule has 0 spiro atoms. The van der Waals surface area contributed by atoms with E-state index < -0.39 is 0 Å². The zero-order chi connectivity index (χ0) is 10.8. The van der Waals surface area contributed by atoms with Crippen molar-refractivity contribution in [1.29, 1.82) is 0 Å². The van der Waals surface area contributed by atoms with E-state index in [0.717, 1.165) is 18.3 Å². The molecule has 0 heterocycles. The second kappa shape index (κ2) is 4.48. The standard InChI is InChI=1S/C13H25N/c1-5-6-10(2)12-9-11(14)7-8-13(12,3)4/h5,10-12H,1,6-9,14H2,2-4H3. The highest BCUT2D eigenvalue weighted by molar-refractivity contribution is 4.91. The first kappa shape index (κ1) is 11.8. The molecule has 1 aliphatic carbocycles. The molecule has 0 aromatic heterocycles. The highest BCUT2D eigenvalue weighted by Gasteiger charge is 2.37. The first-order chi connectivity index (χ1) is 6.47. The molecule has 14 heavy (non-hydrogen) atoms. The second-order valence-electron chi connectivity index (χ2n) is 5.63. The predicted octanol–water partition coefficient (Wildman–Crippen LogP) is 3.35. The zero-order valence-electron chi connectivity index (χ0n) is 9.92.